The van der Waals surface area contributed by atoms with Crippen molar-refractivity contribution in [3.05, 3.63) is 52.1 Å². The van der Waals surface area contributed by atoms with Crippen LogP contribution in [0.4, 0.5) is 4.39 Å². The SMILES string of the molecule is Cc1ccc(C(C)(O)c2c(Cl)cnn2C(C)C)cc1F. The number of aryl methyl sites for hydroxylation is 1. The van der Waals surface area contributed by atoms with Gasteiger partial charge in [0.05, 0.1) is 16.9 Å². The van der Waals surface area contributed by atoms with E-state index in [-0.39, 0.29) is 11.9 Å². The quantitative estimate of drug-likeness (QED) is 0.935. The Kier molecular flexibility index (Phi) is 3.89. The van der Waals surface area contributed by atoms with Crippen LogP contribution in [0.2, 0.25) is 5.02 Å². The summed E-state index contributed by atoms with van der Waals surface area (Å²) in [6.07, 6.45) is 1.50. The van der Waals surface area contributed by atoms with Crippen molar-refractivity contribution in [2.45, 2.75) is 39.3 Å². The van der Waals surface area contributed by atoms with E-state index in [4.69, 9.17) is 11.6 Å². The molecule has 1 aromatic heterocycles. The molecule has 0 aliphatic carbocycles. The van der Waals surface area contributed by atoms with E-state index in [1.807, 2.05) is 13.8 Å². The number of aliphatic hydroxyl groups is 1. The first kappa shape index (κ1) is 15.0. The Morgan fingerprint density at radius 3 is 2.60 bits per heavy atom. The van der Waals surface area contributed by atoms with E-state index < -0.39 is 5.60 Å². The molecule has 0 radical (unpaired) electrons. The second-order valence-corrected chi connectivity index (χ2v) is 5.82. The van der Waals surface area contributed by atoms with Gasteiger partial charge in [0.25, 0.3) is 0 Å². The van der Waals surface area contributed by atoms with Gasteiger partial charge in [-0.15, -0.1) is 0 Å². The van der Waals surface area contributed by atoms with Crippen molar-refractivity contribution in [3.63, 3.8) is 0 Å². The van der Waals surface area contributed by atoms with E-state index >= 15 is 0 Å². The smallest absolute Gasteiger partial charge is 0.130 e. The summed E-state index contributed by atoms with van der Waals surface area (Å²) < 4.78 is 15.4. The van der Waals surface area contributed by atoms with Gasteiger partial charge in [-0.05, 0) is 44.9 Å². The molecule has 2 rings (SSSR count). The lowest BCUT2D eigenvalue weighted by Gasteiger charge is -2.27. The monoisotopic (exact) mass is 296 g/mol. The predicted octanol–water partition coefficient (Wildman–Crippen LogP) is 3.82. The molecule has 0 spiro atoms. The first-order valence-electron chi connectivity index (χ1n) is 6.47. The van der Waals surface area contributed by atoms with Gasteiger partial charge in [0.2, 0.25) is 0 Å². The Labute approximate surface area is 123 Å². The molecule has 5 heteroatoms. The molecule has 0 fully saturated rings. The van der Waals surface area contributed by atoms with Gasteiger partial charge in [-0.25, -0.2) is 4.39 Å². The van der Waals surface area contributed by atoms with Gasteiger partial charge in [-0.1, -0.05) is 23.7 Å². The van der Waals surface area contributed by atoms with Crippen molar-refractivity contribution in [2.24, 2.45) is 0 Å². The zero-order valence-corrected chi connectivity index (χ0v) is 12.7. The number of halogens is 2. The zero-order chi connectivity index (χ0) is 15.1. The normalized spacial score (nSPS) is 14.6. The van der Waals surface area contributed by atoms with Gasteiger partial charge in [0, 0.05) is 6.04 Å². The summed E-state index contributed by atoms with van der Waals surface area (Å²) in [6.45, 7) is 7.16. The standard InChI is InChI=1S/C15H18ClFN2O/c1-9(2)19-14(12(16)8-18-19)15(4,20)11-6-5-10(3)13(17)7-11/h5-9,20H,1-4H3. The topological polar surface area (TPSA) is 38.1 Å². The minimum absolute atomic E-state index is 0.0410. The zero-order valence-electron chi connectivity index (χ0n) is 12.0. The Balaban J connectivity index is 2.59. The van der Waals surface area contributed by atoms with E-state index in [2.05, 4.69) is 5.10 Å². The van der Waals surface area contributed by atoms with Gasteiger partial charge >= 0.3 is 0 Å². The molecular weight excluding hydrogens is 279 g/mol. The number of benzene rings is 1. The molecule has 0 aliphatic heterocycles. The van der Waals surface area contributed by atoms with Crippen molar-refractivity contribution in [1.29, 1.82) is 0 Å². The van der Waals surface area contributed by atoms with Crippen LogP contribution in [0.3, 0.4) is 0 Å². The lowest BCUT2D eigenvalue weighted by molar-refractivity contribution is 0.0897. The highest BCUT2D eigenvalue weighted by Crippen LogP contribution is 2.35. The van der Waals surface area contributed by atoms with Crippen LogP contribution in [0, 0.1) is 12.7 Å². The van der Waals surface area contributed by atoms with Gasteiger partial charge in [-0.2, -0.15) is 5.10 Å². The molecule has 1 heterocycles. The Morgan fingerprint density at radius 1 is 1.40 bits per heavy atom. The van der Waals surface area contributed by atoms with E-state index in [1.54, 1.807) is 30.7 Å². The van der Waals surface area contributed by atoms with Crippen molar-refractivity contribution < 1.29 is 9.50 Å². The van der Waals surface area contributed by atoms with Gasteiger partial charge < -0.3 is 5.11 Å². The van der Waals surface area contributed by atoms with Gasteiger partial charge in [-0.3, -0.25) is 4.68 Å². The van der Waals surface area contributed by atoms with Crippen LogP contribution in [0.15, 0.2) is 24.4 Å². The maximum absolute atomic E-state index is 13.7. The second kappa shape index (κ2) is 5.19. The van der Waals surface area contributed by atoms with E-state index in [0.717, 1.165) is 0 Å². The summed E-state index contributed by atoms with van der Waals surface area (Å²) >= 11 is 6.16. The average molecular weight is 297 g/mol. The number of nitrogens with zero attached hydrogens (tertiary/aromatic N) is 2. The molecule has 108 valence electrons. The average Bonchev–Trinajstić information content (AvgIpc) is 2.75. The van der Waals surface area contributed by atoms with Crippen LogP contribution in [0.1, 0.15) is 43.6 Å². The molecule has 20 heavy (non-hydrogen) atoms. The molecular formula is C15H18ClFN2O. The third kappa shape index (κ3) is 2.45. The first-order chi connectivity index (χ1) is 9.25. The first-order valence-corrected chi connectivity index (χ1v) is 6.85. The summed E-state index contributed by atoms with van der Waals surface area (Å²) in [4.78, 5) is 0. The number of hydrogen-bond acceptors (Lipinski definition) is 2. The van der Waals surface area contributed by atoms with Gasteiger partial charge in [0.1, 0.15) is 11.4 Å². The number of rotatable bonds is 3. The Morgan fingerprint density at radius 2 is 2.05 bits per heavy atom. The fraction of sp³-hybridized carbons (Fsp3) is 0.400. The van der Waals surface area contributed by atoms with Crippen LogP contribution >= 0.6 is 11.6 Å². The maximum atomic E-state index is 13.7. The van der Waals surface area contributed by atoms with Crippen LogP contribution in [-0.4, -0.2) is 14.9 Å². The summed E-state index contributed by atoms with van der Waals surface area (Å²) in [5.41, 5.74) is 0.0437. The maximum Gasteiger partial charge on any atom is 0.130 e. The van der Waals surface area contributed by atoms with Crippen molar-refractivity contribution in [2.75, 3.05) is 0 Å². The van der Waals surface area contributed by atoms with Crippen LogP contribution in [0.25, 0.3) is 0 Å². The molecule has 0 saturated carbocycles. The molecule has 3 nitrogen and oxygen atoms in total. The number of hydrogen-bond donors (Lipinski definition) is 1. The molecule has 1 aromatic carbocycles. The molecule has 0 aliphatic rings. The van der Waals surface area contributed by atoms with Crippen LogP contribution in [-0.2, 0) is 5.60 Å². The fourth-order valence-electron chi connectivity index (χ4n) is 2.22. The molecule has 0 amide bonds. The Bertz CT molecular complexity index is 635. The van der Waals surface area contributed by atoms with Crippen LogP contribution < -0.4 is 0 Å². The summed E-state index contributed by atoms with van der Waals surface area (Å²) in [6, 6.07) is 4.72. The highest BCUT2D eigenvalue weighted by atomic mass is 35.5. The summed E-state index contributed by atoms with van der Waals surface area (Å²) in [5.74, 6) is -0.352. The largest absolute Gasteiger partial charge is 0.379 e. The van der Waals surface area contributed by atoms with Crippen LogP contribution in [0.5, 0.6) is 0 Å². The van der Waals surface area contributed by atoms with Crippen molar-refractivity contribution in [3.8, 4) is 0 Å². The van der Waals surface area contributed by atoms with Crippen molar-refractivity contribution in [1.82, 2.24) is 9.78 Å². The molecule has 2 aromatic rings. The number of aromatic nitrogens is 2. The molecule has 0 saturated heterocycles. The lowest BCUT2D eigenvalue weighted by Crippen LogP contribution is -2.28. The fourth-order valence-corrected chi connectivity index (χ4v) is 2.53. The van der Waals surface area contributed by atoms with E-state index in [1.165, 1.54) is 12.3 Å². The highest BCUT2D eigenvalue weighted by molar-refractivity contribution is 6.31. The molecule has 1 atom stereocenters. The molecule has 1 N–H and O–H groups in total. The third-order valence-corrected chi connectivity index (χ3v) is 3.71. The van der Waals surface area contributed by atoms with E-state index in [9.17, 15) is 9.50 Å². The predicted molar refractivity (Wildman–Crippen MR) is 77.4 cm³/mol. The van der Waals surface area contributed by atoms with E-state index in [0.29, 0.717) is 21.8 Å². The second-order valence-electron chi connectivity index (χ2n) is 5.42. The van der Waals surface area contributed by atoms with Crippen molar-refractivity contribution >= 4 is 11.6 Å². The molecule has 0 bridgehead atoms. The summed E-state index contributed by atoms with van der Waals surface area (Å²) in [7, 11) is 0. The molecule has 1 unspecified atom stereocenters. The Hall–Kier alpha value is -1.39. The lowest BCUT2D eigenvalue weighted by atomic mass is 9.91. The highest BCUT2D eigenvalue weighted by Gasteiger charge is 2.33. The third-order valence-electron chi connectivity index (χ3n) is 3.43. The minimum atomic E-state index is -1.41. The summed E-state index contributed by atoms with van der Waals surface area (Å²) in [5, 5.41) is 15.4. The minimum Gasteiger partial charge on any atom is -0.379 e. The van der Waals surface area contributed by atoms with Gasteiger partial charge in [0.15, 0.2) is 0 Å².